The van der Waals surface area contributed by atoms with Crippen LogP contribution in [0, 0.1) is 28.1 Å². The van der Waals surface area contributed by atoms with Crippen molar-refractivity contribution in [3.63, 3.8) is 0 Å². The van der Waals surface area contributed by atoms with Crippen LogP contribution in [0.25, 0.3) is 0 Å². The number of hydrogen-bond donors (Lipinski definition) is 0. The molecule has 3 aliphatic rings. The summed E-state index contributed by atoms with van der Waals surface area (Å²) in [5.41, 5.74) is 2.52. The molecule has 1 unspecified atom stereocenters. The summed E-state index contributed by atoms with van der Waals surface area (Å²) in [6.45, 7) is 11.3. The number of allylic oxidation sites excluding steroid dienone is 5. The van der Waals surface area contributed by atoms with Crippen molar-refractivity contribution >= 4 is 6.29 Å². The molecule has 126 valence electrons. The van der Waals surface area contributed by atoms with E-state index in [1.807, 2.05) is 0 Å². The smallest absolute Gasteiger partial charge is 0.142 e. The molecule has 0 N–H and O–H groups in total. The standard InChI is InChI=1S/C22H32O/c1-5-20(2)14-10-18-17(16-20)8-9-19-21(3,12-7-15-23)11-6-13-22(18,19)4/h5,7,10,12,15,17,19H,1,6,8-9,11,13-14,16H2,2-4H3/b12-7+/t17-,19?,20+,21+,22+/m1/s1. The zero-order chi connectivity index (χ0) is 16.7. The minimum Gasteiger partial charge on any atom is -0.299 e. The van der Waals surface area contributed by atoms with Crippen LogP contribution in [0.1, 0.15) is 65.7 Å². The van der Waals surface area contributed by atoms with Gasteiger partial charge in [-0.15, -0.1) is 6.58 Å². The molecular weight excluding hydrogens is 280 g/mol. The fraction of sp³-hybridized carbons (Fsp3) is 0.682. The minimum atomic E-state index is 0.179. The number of rotatable bonds is 3. The maximum Gasteiger partial charge on any atom is 0.142 e. The van der Waals surface area contributed by atoms with E-state index in [-0.39, 0.29) is 10.8 Å². The van der Waals surface area contributed by atoms with Crippen LogP contribution in [0.4, 0.5) is 0 Å². The molecule has 0 amide bonds. The van der Waals surface area contributed by atoms with Crippen LogP contribution in [0.5, 0.6) is 0 Å². The van der Waals surface area contributed by atoms with E-state index in [1.165, 1.54) is 38.5 Å². The lowest BCUT2D eigenvalue weighted by atomic mass is 9.46. The Morgan fingerprint density at radius 2 is 2.00 bits per heavy atom. The Balaban J connectivity index is 1.96. The van der Waals surface area contributed by atoms with Crippen molar-refractivity contribution in [2.75, 3.05) is 0 Å². The molecule has 1 heteroatoms. The molecule has 3 aliphatic carbocycles. The lowest BCUT2D eigenvalue weighted by molar-refractivity contribution is -0.104. The molecule has 23 heavy (non-hydrogen) atoms. The summed E-state index contributed by atoms with van der Waals surface area (Å²) in [6, 6.07) is 0. The monoisotopic (exact) mass is 312 g/mol. The second kappa shape index (κ2) is 5.76. The summed E-state index contributed by atoms with van der Waals surface area (Å²) in [5, 5.41) is 0. The third kappa shape index (κ3) is 2.66. The van der Waals surface area contributed by atoms with Gasteiger partial charge in [-0.3, -0.25) is 4.79 Å². The Hall–Kier alpha value is -1.11. The first-order valence-corrected chi connectivity index (χ1v) is 9.34. The van der Waals surface area contributed by atoms with Crippen molar-refractivity contribution in [3.05, 3.63) is 36.5 Å². The number of aldehydes is 1. The first kappa shape index (κ1) is 16.7. The van der Waals surface area contributed by atoms with Crippen LogP contribution >= 0.6 is 0 Å². The van der Waals surface area contributed by atoms with Crippen molar-refractivity contribution in [1.82, 2.24) is 0 Å². The highest BCUT2D eigenvalue weighted by Gasteiger charge is 2.54. The molecule has 0 heterocycles. The lowest BCUT2D eigenvalue weighted by Gasteiger charge is -2.58. The molecule has 0 aliphatic heterocycles. The fourth-order valence-corrected chi connectivity index (χ4v) is 6.12. The molecule has 5 atom stereocenters. The van der Waals surface area contributed by atoms with E-state index in [4.69, 9.17) is 0 Å². The number of carbonyl (C=O) groups excluding carboxylic acids is 1. The highest BCUT2D eigenvalue weighted by molar-refractivity contribution is 5.64. The predicted octanol–water partition coefficient (Wildman–Crippen LogP) is 5.88. The average Bonchev–Trinajstić information content (AvgIpc) is 2.52. The van der Waals surface area contributed by atoms with Gasteiger partial charge in [0.05, 0.1) is 0 Å². The second-order valence-electron chi connectivity index (χ2n) is 9.02. The Kier molecular flexibility index (Phi) is 4.19. The molecule has 2 saturated carbocycles. The van der Waals surface area contributed by atoms with Gasteiger partial charge >= 0.3 is 0 Å². The van der Waals surface area contributed by atoms with Crippen molar-refractivity contribution < 1.29 is 4.79 Å². The second-order valence-corrected chi connectivity index (χ2v) is 9.02. The summed E-state index contributed by atoms with van der Waals surface area (Å²) in [6.07, 6.45) is 18.5. The van der Waals surface area contributed by atoms with Gasteiger partial charge in [-0.05, 0) is 72.7 Å². The van der Waals surface area contributed by atoms with Crippen molar-refractivity contribution in [3.8, 4) is 0 Å². The van der Waals surface area contributed by atoms with Crippen LogP contribution < -0.4 is 0 Å². The van der Waals surface area contributed by atoms with Gasteiger partial charge < -0.3 is 0 Å². The number of hydrogen-bond acceptors (Lipinski definition) is 1. The maximum absolute atomic E-state index is 10.9. The molecule has 0 saturated heterocycles. The van der Waals surface area contributed by atoms with E-state index >= 15 is 0 Å². The van der Waals surface area contributed by atoms with Gasteiger partial charge in [-0.1, -0.05) is 51.0 Å². The summed E-state index contributed by atoms with van der Waals surface area (Å²) < 4.78 is 0. The molecule has 0 radical (unpaired) electrons. The molecule has 1 nitrogen and oxygen atoms in total. The maximum atomic E-state index is 10.9. The van der Waals surface area contributed by atoms with Crippen LogP contribution in [0.3, 0.4) is 0 Å². The molecule has 0 bridgehead atoms. The van der Waals surface area contributed by atoms with E-state index in [2.05, 4.69) is 45.6 Å². The zero-order valence-electron chi connectivity index (χ0n) is 15.1. The Morgan fingerprint density at radius 1 is 1.22 bits per heavy atom. The first-order valence-electron chi connectivity index (χ1n) is 9.34. The van der Waals surface area contributed by atoms with E-state index in [0.29, 0.717) is 11.3 Å². The van der Waals surface area contributed by atoms with E-state index < -0.39 is 0 Å². The van der Waals surface area contributed by atoms with Crippen molar-refractivity contribution in [2.45, 2.75) is 65.7 Å². The van der Waals surface area contributed by atoms with Crippen molar-refractivity contribution in [1.29, 1.82) is 0 Å². The number of carbonyl (C=O) groups is 1. The molecule has 0 aromatic carbocycles. The Bertz CT molecular complexity index is 556. The molecular formula is C22H32O. The zero-order valence-corrected chi connectivity index (χ0v) is 15.1. The van der Waals surface area contributed by atoms with Gasteiger partial charge in [0.1, 0.15) is 6.29 Å². The van der Waals surface area contributed by atoms with Crippen LogP contribution in [-0.4, -0.2) is 6.29 Å². The molecule has 3 rings (SSSR count). The molecule has 0 aromatic rings. The topological polar surface area (TPSA) is 17.1 Å². The van der Waals surface area contributed by atoms with Gasteiger partial charge in [-0.25, -0.2) is 0 Å². The molecule has 0 aromatic heterocycles. The average molecular weight is 312 g/mol. The summed E-state index contributed by atoms with van der Waals surface area (Å²) in [7, 11) is 0. The highest BCUT2D eigenvalue weighted by atomic mass is 16.1. The van der Waals surface area contributed by atoms with E-state index in [9.17, 15) is 4.79 Å². The molecule has 2 fully saturated rings. The predicted molar refractivity (Wildman–Crippen MR) is 97.1 cm³/mol. The SMILES string of the molecule is C=C[C@@]1(C)CC=C2[C@H](CCC3[C@@]2(C)CCC[C@@]3(C)/C=C/C=O)C1. The van der Waals surface area contributed by atoms with Gasteiger partial charge in [-0.2, -0.15) is 0 Å². The van der Waals surface area contributed by atoms with E-state index in [0.717, 1.165) is 18.6 Å². The Labute approximate surface area is 141 Å². The van der Waals surface area contributed by atoms with E-state index in [1.54, 1.807) is 11.6 Å². The minimum absolute atomic E-state index is 0.179. The van der Waals surface area contributed by atoms with Gasteiger partial charge in [0.2, 0.25) is 0 Å². The summed E-state index contributed by atoms with van der Waals surface area (Å²) in [4.78, 5) is 10.9. The van der Waals surface area contributed by atoms with Crippen LogP contribution in [0.15, 0.2) is 36.5 Å². The summed E-state index contributed by atoms with van der Waals surface area (Å²) in [5.74, 6) is 1.42. The third-order valence-electron chi connectivity index (χ3n) is 7.43. The lowest BCUT2D eigenvalue weighted by Crippen LogP contribution is -2.49. The molecule has 0 spiro atoms. The first-order chi connectivity index (χ1) is 10.9. The number of fused-ring (bicyclic) bond motifs is 3. The summed E-state index contributed by atoms with van der Waals surface area (Å²) >= 11 is 0. The van der Waals surface area contributed by atoms with Crippen molar-refractivity contribution in [2.24, 2.45) is 28.1 Å². The van der Waals surface area contributed by atoms with Crippen LogP contribution in [0.2, 0.25) is 0 Å². The Morgan fingerprint density at radius 3 is 2.70 bits per heavy atom. The highest BCUT2D eigenvalue weighted by Crippen LogP contribution is 2.64. The van der Waals surface area contributed by atoms with Gasteiger partial charge in [0.25, 0.3) is 0 Å². The largest absolute Gasteiger partial charge is 0.299 e. The van der Waals surface area contributed by atoms with Gasteiger partial charge in [0.15, 0.2) is 0 Å². The van der Waals surface area contributed by atoms with Gasteiger partial charge in [0, 0.05) is 0 Å². The quantitative estimate of drug-likeness (QED) is 0.361. The fourth-order valence-electron chi connectivity index (χ4n) is 6.12. The third-order valence-corrected chi connectivity index (χ3v) is 7.43. The van der Waals surface area contributed by atoms with Crippen LogP contribution in [-0.2, 0) is 4.79 Å². The normalized spacial score (nSPS) is 46.7.